The van der Waals surface area contributed by atoms with Crippen LogP contribution in [-0.4, -0.2) is 23.7 Å². The highest BCUT2D eigenvalue weighted by atomic mass is 35.5. The molecule has 0 unspecified atom stereocenters. The zero-order chi connectivity index (χ0) is 15.5. The first-order valence-electron chi connectivity index (χ1n) is 5.79. The molecule has 0 radical (unpaired) electrons. The minimum absolute atomic E-state index is 0.0343. The van der Waals surface area contributed by atoms with Crippen LogP contribution in [0, 0.1) is 0 Å². The van der Waals surface area contributed by atoms with Gasteiger partial charge < -0.3 is 5.11 Å². The lowest BCUT2D eigenvalue weighted by atomic mass is 10.2. The number of aliphatic hydroxyl groups excluding tert-OH is 1. The summed E-state index contributed by atoms with van der Waals surface area (Å²) in [5.74, 6) is 0. The fourth-order valence-corrected chi connectivity index (χ4v) is 3.52. The highest BCUT2D eigenvalue weighted by Crippen LogP contribution is 2.29. The molecule has 0 spiro atoms. The zero-order valence-corrected chi connectivity index (χ0v) is 13.0. The predicted octanol–water partition coefficient (Wildman–Crippen LogP) is 1.75. The van der Waals surface area contributed by atoms with Crippen molar-refractivity contribution in [1.29, 1.82) is 0 Å². The largest absolute Gasteiger partial charge is 0.392 e. The number of benzene rings is 1. The Hall–Kier alpha value is -1.25. The molecular formula is C12H11Cl2N3O3S. The van der Waals surface area contributed by atoms with E-state index >= 15 is 0 Å². The lowest BCUT2D eigenvalue weighted by Gasteiger charge is -2.11. The van der Waals surface area contributed by atoms with E-state index in [0.717, 1.165) is 0 Å². The number of aromatic nitrogens is 2. The smallest absolute Gasteiger partial charge is 0.242 e. The molecule has 2 N–H and O–H groups in total. The summed E-state index contributed by atoms with van der Waals surface area (Å²) in [6.07, 6.45) is 1.49. The Kier molecular flexibility index (Phi) is 5.13. The summed E-state index contributed by atoms with van der Waals surface area (Å²) in [6.45, 7) is -0.445. The van der Waals surface area contributed by atoms with Gasteiger partial charge in [-0.25, -0.2) is 13.1 Å². The van der Waals surface area contributed by atoms with Gasteiger partial charge in [-0.1, -0.05) is 23.2 Å². The fourth-order valence-electron chi connectivity index (χ4n) is 1.60. The molecule has 0 saturated heterocycles. The molecule has 6 nitrogen and oxygen atoms in total. The molecule has 2 rings (SSSR count). The Labute approximate surface area is 131 Å². The van der Waals surface area contributed by atoms with Crippen molar-refractivity contribution in [3.05, 3.63) is 51.8 Å². The number of hydrogen-bond donors (Lipinski definition) is 2. The Bertz CT molecular complexity index is 739. The third-order valence-corrected chi connectivity index (χ3v) is 4.81. The number of rotatable bonds is 5. The average Bonchev–Trinajstić information content (AvgIpc) is 2.48. The lowest BCUT2D eigenvalue weighted by molar-refractivity contribution is 0.281. The molecule has 1 aromatic heterocycles. The number of halogens is 2. The average molecular weight is 348 g/mol. The molecule has 0 aliphatic heterocycles. The van der Waals surface area contributed by atoms with Crippen molar-refractivity contribution in [2.45, 2.75) is 18.0 Å². The van der Waals surface area contributed by atoms with Crippen molar-refractivity contribution in [2.75, 3.05) is 0 Å². The maximum absolute atomic E-state index is 12.3. The van der Waals surface area contributed by atoms with E-state index in [2.05, 4.69) is 14.9 Å². The molecule has 0 fully saturated rings. The van der Waals surface area contributed by atoms with Crippen molar-refractivity contribution in [3.63, 3.8) is 0 Å². The van der Waals surface area contributed by atoms with Gasteiger partial charge in [0.25, 0.3) is 0 Å². The van der Waals surface area contributed by atoms with Crippen LogP contribution >= 0.6 is 23.2 Å². The number of nitrogens with zero attached hydrogens (tertiary/aromatic N) is 2. The molecule has 0 saturated carbocycles. The maximum Gasteiger partial charge on any atom is 0.242 e. The summed E-state index contributed by atoms with van der Waals surface area (Å²) in [7, 11) is -3.89. The van der Waals surface area contributed by atoms with E-state index in [0.29, 0.717) is 5.69 Å². The third kappa shape index (κ3) is 3.90. The standard InChI is InChI=1S/C12H11Cl2N3O3S/c13-9-4-8(7-18)12(14)11(5-9)21(19,20)16-6-10-2-1-3-15-17-10/h1-5,16,18H,6-7H2. The van der Waals surface area contributed by atoms with Gasteiger partial charge in [0.2, 0.25) is 10.0 Å². The summed E-state index contributed by atoms with van der Waals surface area (Å²) >= 11 is 11.8. The molecule has 0 atom stereocenters. The monoisotopic (exact) mass is 347 g/mol. The molecular weight excluding hydrogens is 337 g/mol. The Morgan fingerprint density at radius 3 is 2.67 bits per heavy atom. The molecule has 21 heavy (non-hydrogen) atoms. The quantitative estimate of drug-likeness (QED) is 0.859. The normalized spacial score (nSPS) is 11.6. The Morgan fingerprint density at radius 2 is 2.05 bits per heavy atom. The van der Waals surface area contributed by atoms with Crippen molar-refractivity contribution < 1.29 is 13.5 Å². The highest BCUT2D eigenvalue weighted by molar-refractivity contribution is 7.89. The van der Waals surface area contributed by atoms with Crippen LogP contribution in [0.2, 0.25) is 10.0 Å². The lowest BCUT2D eigenvalue weighted by Crippen LogP contribution is -2.24. The van der Waals surface area contributed by atoms with Crippen molar-refractivity contribution in [3.8, 4) is 0 Å². The third-order valence-electron chi connectivity index (χ3n) is 2.61. The molecule has 0 aliphatic rings. The number of nitrogens with one attached hydrogen (secondary N) is 1. The SMILES string of the molecule is O=S(=O)(NCc1cccnn1)c1cc(Cl)cc(CO)c1Cl. The van der Waals surface area contributed by atoms with Gasteiger partial charge in [-0.3, -0.25) is 0 Å². The van der Waals surface area contributed by atoms with Gasteiger partial charge in [-0.2, -0.15) is 10.2 Å². The maximum atomic E-state index is 12.3. The predicted molar refractivity (Wildman–Crippen MR) is 78.4 cm³/mol. The minimum atomic E-state index is -3.89. The van der Waals surface area contributed by atoms with Crippen LogP contribution in [0.5, 0.6) is 0 Å². The van der Waals surface area contributed by atoms with Gasteiger partial charge >= 0.3 is 0 Å². The van der Waals surface area contributed by atoms with Gasteiger partial charge in [0, 0.05) is 11.2 Å². The van der Waals surface area contributed by atoms with Gasteiger partial charge in [0.15, 0.2) is 0 Å². The van der Waals surface area contributed by atoms with Crippen LogP contribution in [0.4, 0.5) is 0 Å². The summed E-state index contributed by atoms with van der Waals surface area (Å²) in [4.78, 5) is -0.190. The van der Waals surface area contributed by atoms with E-state index in [1.807, 2.05) is 0 Å². The van der Waals surface area contributed by atoms with Crippen molar-refractivity contribution in [1.82, 2.24) is 14.9 Å². The van der Waals surface area contributed by atoms with Crippen molar-refractivity contribution >= 4 is 33.2 Å². The first-order valence-corrected chi connectivity index (χ1v) is 8.03. The summed E-state index contributed by atoms with van der Waals surface area (Å²) in [6, 6.07) is 5.91. The molecule has 112 valence electrons. The van der Waals surface area contributed by atoms with Gasteiger partial charge in [0.1, 0.15) is 4.90 Å². The van der Waals surface area contributed by atoms with Crippen LogP contribution in [0.15, 0.2) is 35.4 Å². The van der Waals surface area contributed by atoms with Crippen molar-refractivity contribution in [2.24, 2.45) is 0 Å². The molecule has 0 bridgehead atoms. The summed E-state index contributed by atoms with van der Waals surface area (Å²) in [5, 5.41) is 16.7. The Morgan fingerprint density at radius 1 is 1.29 bits per heavy atom. The summed E-state index contributed by atoms with van der Waals surface area (Å²) in [5.41, 5.74) is 0.700. The molecule has 9 heteroatoms. The molecule has 1 heterocycles. The van der Waals surface area contributed by atoms with E-state index in [1.54, 1.807) is 12.1 Å². The first-order chi connectivity index (χ1) is 9.94. The van der Waals surface area contributed by atoms with Crippen LogP contribution in [-0.2, 0) is 23.2 Å². The van der Waals surface area contributed by atoms with Crippen LogP contribution in [0.25, 0.3) is 0 Å². The number of aliphatic hydroxyl groups is 1. The molecule has 1 aromatic carbocycles. The van der Waals surface area contributed by atoms with E-state index in [9.17, 15) is 8.42 Å². The number of sulfonamides is 1. The minimum Gasteiger partial charge on any atom is -0.392 e. The van der Waals surface area contributed by atoms with E-state index in [1.165, 1.54) is 18.3 Å². The number of hydrogen-bond acceptors (Lipinski definition) is 5. The highest BCUT2D eigenvalue weighted by Gasteiger charge is 2.21. The van der Waals surface area contributed by atoms with Crippen LogP contribution < -0.4 is 4.72 Å². The molecule has 0 amide bonds. The second kappa shape index (κ2) is 6.67. The van der Waals surface area contributed by atoms with Gasteiger partial charge in [0.05, 0.1) is 23.9 Å². The summed E-state index contributed by atoms with van der Waals surface area (Å²) < 4.78 is 26.9. The van der Waals surface area contributed by atoms with E-state index in [4.69, 9.17) is 28.3 Å². The van der Waals surface area contributed by atoms with Crippen LogP contribution in [0.3, 0.4) is 0 Å². The van der Waals surface area contributed by atoms with E-state index in [-0.39, 0.29) is 27.0 Å². The van der Waals surface area contributed by atoms with Gasteiger partial charge in [-0.15, -0.1) is 0 Å². The topological polar surface area (TPSA) is 92.2 Å². The van der Waals surface area contributed by atoms with Gasteiger partial charge in [-0.05, 0) is 29.8 Å². The van der Waals surface area contributed by atoms with Crippen LogP contribution in [0.1, 0.15) is 11.3 Å². The molecule has 2 aromatic rings. The second-order valence-corrected chi connectivity index (χ2v) is 6.62. The van der Waals surface area contributed by atoms with E-state index < -0.39 is 16.6 Å². The fraction of sp³-hybridized carbons (Fsp3) is 0.167. The second-order valence-electron chi connectivity index (χ2n) is 4.07. The first kappa shape index (κ1) is 16.1. The Balaban J connectivity index is 2.30. The molecule has 0 aliphatic carbocycles. The zero-order valence-electron chi connectivity index (χ0n) is 10.6.